The first kappa shape index (κ1) is 13.9. The molecule has 1 N–H and O–H groups in total. The molecule has 2 amide bonds. The second-order valence-electron chi connectivity index (χ2n) is 4.38. The van der Waals surface area contributed by atoms with E-state index in [0.717, 1.165) is 16.6 Å². The number of carbonyl (C=O) groups excluding carboxylic acids is 2. The van der Waals surface area contributed by atoms with Crippen LogP contribution in [0.4, 0.5) is 5.69 Å². The van der Waals surface area contributed by atoms with Crippen molar-refractivity contribution >= 4 is 33.9 Å². The van der Waals surface area contributed by atoms with Crippen LogP contribution < -0.4 is 5.32 Å². The Morgan fingerprint density at radius 2 is 1.84 bits per heavy atom. The highest BCUT2D eigenvalue weighted by Crippen LogP contribution is 2.13. The highest BCUT2D eigenvalue weighted by molar-refractivity contribution is 9.10. The van der Waals surface area contributed by atoms with Crippen molar-refractivity contribution in [3.8, 4) is 0 Å². The van der Waals surface area contributed by atoms with E-state index in [2.05, 4.69) is 21.2 Å². The number of carbonyl (C=O) groups is 2. The summed E-state index contributed by atoms with van der Waals surface area (Å²) >= 11 is 3.36. The fraction of sp³-hybridized carbons (Fsp3) is 0.385. The third-order valence-corrected chi connectivity index (χ3v) is 3.63. The molecular weight excluding hydrogens is 310 g/mol. The molecule has 6 heteroatoms. The Bertz CT molecular complexity index is 442. The average molecular weight is 326 g/mol. The lowest BCUT2D eigenvalue weighted by molar-refractivity contribution is -0.133. The van der Waals surface area contributed by atoms with E-state index in [4.69, 9.17) is 0 Å². The van der Waals surface area contributed by atoms with Gasteiger partial charge in [-0.05, 0) is 24.3 Å². The quantitative estimate of drug-likeness (QED) is 0.845. The van der Waals surface area contributed by atoms with Crippen LogP contribution in [-0.2, 0) is 9.59 Å². The standard InChI is InChI=1S/C13H16BrN3O2/c14-11-1-3-12(4-2-11)15-9-13(19)17-7-5-16(10-18)6-8-17/h1-4,10,15H,5-9H2. The number of nitrogens with one attached hydrogen (secondary N) is 1. The van der Waals surface area contributed by atoms with Gasteiger partial charge in [-0.15, -0.1) is 0 Å². The van der Waals surface area contributed by atoms with Crippen LogP contribution in [0.1, 0.15) is 0 Å². The molecule has 0 atom stereocenters. The van der Waals surface area contributed by atoms with Crippen LogP contribution in [0, 0.1) is 0 Å². The Morgan fingerprint density at radius 1 is 1.21 bits per heavy atom. The summed E-state index contributed by atoms with van der Waals surface area (Å²) in [6.45, 7) is 2.74. The van der Waals surface area contributed by atoms with Gasteiger partial charge in [0.15, 0.2) is 0 Å². The molecule has 1 saturated heterocycles. The van der Waals surface area contributed by atoms with Gasteiger partial charge in [-0.2, -0.15) is 0 Å². The SMILES string of the molecule is O=CN1CCN(C(=O)CNc2ccc(Br)cc2)CC1. The van der Waals surface area contributed by atoms with Crippen LogP contribution in [0.25, 0.3) is 0 Å². The van der Waals surface area contributed by atoms with Gasteiger partial charge in [-0.1, -0.05) is 15.9 Å². The van der Waals surface area contributed by atoms with Gasteiger partial charge in [0, 0.05) is 36.3 Å². The number of piperazine rings is 1. The molecule has 0 saturated carbocycles. The number of nitrogens with zero attached hydrogens (tertiary/aromatic N) is 2. The molecule has 1 aromatic carbocycles. The molecule has 0 bridgehead atoms. The zero-order valence-corrected chi connectivity index (χ0v) is 12.1. The van der Waals surface area contributed by atoms with E-state index in [0.29, 0.717) is 26.2 Å². The van der Waals surface area contributed by atoms with E-state index in [9.17, 15) is 9.59 Å². The number of hydrogen-bond acceptors (Lipinski definition) is 3. The minimum atomic E-state index is 0.0634. The van der Waals surface area contributed by atoms with Gasteiger partial charge >= 0.3 is 0 Å². The first-order valence-electron chi connectivity index (χ1n) is 6.15. The Hall–Kier alpha value is -1.56. The van der Waals surface area contributed by atoms with Crippen LogP contribution in [-0.4, -0.2) is 54.8 Å². The van der Waals surface area contributed by atoms with Crippen LogP contribution in [0.5, 0.6) is 0 Å². The van der Waals surface area contributed by atoms with Gasteiger partial charge in [0.2, 0.25) is 12.3 Å². The molecular formula is C13H16BrN3O2. The highest BCUT2D eigenvalue weighted by Gasteiger charge is 2.19. The number of benzene rings is 1. The summed E-state index contributed by atoms with van der Waals surface area (Å²) in [4.78, 5) is 26.0. The van der Waals surface area contributed by atoms with Crippen LogP contribution in [0.15, 0.2) is 28.7 Å². The van der Waals surface area contributed by atoms with Gasteiger partial charge in [0.1, 0.15) is 0 Å². The number of anilines is 1. The summed E-state index contributed by atoms with van der Waals surface area (Å²) in [7, 11) is 0. The Labute approximate surface area is 120 Å². The van der Waals surface area contributed by atoms with E-state index in [1.807, 2.05) is 24.3 Å². The van der Waals surface area contributed by atoms with Crippen molar-refractivity contribution in [2.45, 2.75) is 0 Å². The Kier molecular flexibility index (Phi) is 4.79. The molecule has 102 valence electrons. The maximum Gasteiger partial charge on any atom is 0.241 e. The van der Waals surface area contributed by atoms with Gasteiger partial charge in [-0.25, -0.2) is 0 Å². The second kappa shape index (κ2) is 6.56. The molecule has 0 aliphatic carbocycles. The third-order valence-electron chi connectivity index (χ3n) is 3.10. The van der Waals surface area contributed by atoms with Gasteiger partial charge in [0.25, 0.3) is 0 Å². The molecule has 19 heavy (non-hydrogen) atoms. The summed E-state index contributed by atoms with van der Waals surface area (Å²) in [5.41, 5.74) is 0.920. The lowest BCUT2D eigenvalue weighted by atomic mass is 10.3. The number of halogens is 1. The van der Waals surface area contributed by atoms with Gasteiger partial charge in [-0.3, -0.25) is 9.59 Å². The van der Waals surface area contributed by atoms with Crippen molar-refractivity contribution < 1.29 is 9.59 Å². The number of hydrogen-bond donors (Lipinski definition) is 1. The van der Waals surface area contributed by atoms with Crippen molar-refractivity contribution in [1.82, 2.24) is 9.80 Å². The molecule has 0 spiro atoms. The third kappa shape index (κ3) is 3.96. The van der Waals surface area contributed by atoms with Crippen LogP contribution in [0.2, 0.25) is 0 Å². The summed E-state index contributed by atoms with van der Waals surface area (Å²) in [5, 5.41) is 3.10. The van der Waals surface area contributed by atoms with Crippen molar-refractivity contribution in [2.24, 2.45) is 0 Å². The summed E-state index contributed by atoms with van der Waals surface area (Å²) in [6, 6.07) is 7.69. The molecule has 0 radical (unpaired) electrons. The number of rotatable bonds is 4. The van der Waals surface area contributed by atoms with Crippen LogP contribution >= 0.6 is 15.9 Å². The molecule has 2 rings (SSSR count). The van der Waals surface area contributed by atoms with Crippen molar-refractivity contribution in [1.29, 1.82) is 0 Å². The zero-order valence-electron chi connectivity index (χ0n) is 10.5. The Morgan fingerprint density at radius 3 is 2.42 bits per heavy atom. The monoisotopic (exact) mass is 325 g/mol. The van der Waals surface area contributed by atoms with E-state index in [1.54, 1.807) is 9.80 Å². The van der Waals surface area contributed by atoms with Crippen molar-refractivity contribution in [2.75, 3.05) is 38.0 Å². The van der Waals surface area contributed by atoms with Crippen molar-refractivity contribution in [3.63, 3.8) is 0 Å². The molecule has 1 heterocycles. The summed E-state index contributed by atoms with van der Waals surface area (Å²) in [5.74, 6) is 0.0634. The molecule has 1 fully saturated rings. The number of amides is 2. The molecule has 1 aromatic rings. The fourth-order valence-corrected chi connectivity index (χ4v) is 2.20. The van der Waals surface area contributed by atoms with Crippen LogP contribution in [0.3, 0.4) is 0 Å². The minimum absolute atomic E-state index is 0.0634. The smallest absolute Gasteiger partial charge is 0.241 e. The topological polar surface area (TPSA) is 52.7 Å². The Balaban J connectivity index is 1.78. The predicted octanol–water partition coefficient (Wildman–Crippen LogP) is 1.16. The van der Waals surface area contributed by atoms with Crippen molar-refractivity contribution in [3.05, 3.63) is 28.7 Å². The zero-order chi connectivity index (χ0) is 13.7. The lowest BCUT2D eigenvalue weighted by Gasteiger charge is -2.32. The summed E-state index contributed by atoms with van der Waals surface area (Å²) in [6.07, 6.45) is 0.835. The second-order valence-corrected chi connectivity index (χ2v) is 5.30. The molecule has 0 aromatic heterocycles. The van der Waals surface area contributed by atoms with E-state index in [-0.39, 0.29) is 12.5 Å². The maximum atomic E-state index is 12.0. The molecule has 1 aliphatic heterocycles. The normalized spacial score (nSPS) is 15.2. The van der Waals surface area contributed by atoms with E-state index >= 15 is 0 Å². The summed E-state index contributed by atoms with van der Waals surface area (Å²) < 4.78 is 1.01. The predicted molar refractivity (Wildman–Crippen MR) is 76.8 cm³/mol. The average Bonchev–Trinajstić information content (AvgIpc) is 2.46. The highest BCUT2D eigenvalue weighted by atomic mass is 79.9. The minimum Gasteiger partial charge on any atom is -0.376 e. The van der Waals surface area contributed by atoms with E-state index < -0.39 is 0 Å². The first-order valence-corrected chi connectivity index (χ1v) is 6.95. The maximum absolute atomic E-state index is 12.0. The largest absolute Gasteiger partial charge is 0.376 e. The van der Waals surface area contributed by atoms with E-state index in [1.165, 1.54) is 0 Å². The first-order chi connectivity index (χ1) is 9.19. The molecule has 5 nitrogen and oxygen atoms in total. The van der Waals surface area contributed by atoms with Gasteiger partial charge < -0.3 is 15.1 Å². The fourth-order valence-electron chi connectivity index (χ4n) is 1.93. The van der Waals surface area contributed by atoms with Gasteiger partial charge in [0.05, 0.1) is 6.54 Å². The lowest BCUT2D eigenvalue weighted by Crippen LogP contribution is -2.49. The molecule has 0 unspecified atom stereocenters. The molecule has 1 aliphatic rings.